The SMILES string of the molecule is CCOc1cc(/C=N\NCc2c(Cl)cccc2Cl)cc(Cl)c1OCc1ccc(C)cc1. The van der Waals surface area contributed by atoms with Gasteiger partial charge < -0.3 is 14.9 Å². The van der Waals surface area contributed by atoms with Gasteiger partial charge in [0.05, 0.1) is 24.4 Å². The first kappa shape index (κ1) is 23.3. The van der Waals surface area contributed by atoms with E-state index in [4.69, 9.17) is 44.3 Å². The van der Waals surface area contributed by atoms with E-state index in [1.54, 1.807) is 30.5 Å². The fraction of sp³-hybridized carbons (Fsp3) is 0.208. The van der Waals surface area contributed by atoms with E-state index in [-0.39, 0.29) is 0 Å². The van der Waals surface area contributed by atoms with Gasteiger partial charge >= 0.3 is 0 Å². The molecule has 7 heteroatoms. The van der Waals surface area contributed by atoms with Crippen LogP contribution in [0.4, 0.5) is 0 Å². The van der Waals surface area contributed by atoms with Gasteiger partial charge in [0.25, 0.3) is 0 Å². The predicted molar refractivity (Wildman–Crippen MR) is 129 cm³/mol. The highest BCUT2D eigenvalue weighted by molar-refractivity contribution is 6.36. The highest BCUT2D eigenvalue weighted by Gasteiger charge is 2.13. The molecule has 1 N–H and O–H groups in total. The van der Waals surface area contributed by atoms with Gasteiger partial charge in [-0.15, -0.1) is 0 Å². The Labute approximate surface area is 197 Å². The first-order valence-corrected chi connectivity index (χ1v) is 10.9. The second-order valence-corrected chi connectivity index (χ2v) is 8.05. The molecule has 0 fully saturated rings. The number of hydrogen-bond acceptors (Lipinski definition) is 4. The van der Waals surface area contributed by atoms with Crippen molar-refractivity contribution in [2.45, 2.75) is 27.0 Å². The Hall–Kier alpha value is -2.40. The van der Waals surface area contributed by atoms with Crippen LogP contribution in [0.5, 0.6) is 11.5 Å². The van der Waals surface area contributed by atoms with E-state index in [0.29, 0.717) is 46.3 Å². The minimum atomic E-state index is 0.396. The van der Waals surface area contributed by atoms with Gasteiger partial charge in [0.1, 0.15) is 6.61 Å². The van der Waals surface area contributed by atoms with Gasteiger partial charge in [0.2, 0.25) is 0 Å². The highest BCUT2D eigenvalue weighted by Crippen LogP contribution is 2.37. The third-order valence-electron chi connectivity index (χ3n) is 4.46. The number of ether oxygens (including phenoxy) is 2. The molecule has 0 radical (unpaired) electrons. The van der Waals surface area contributed by atoms with Gasteiger partial charge in [-0.25, -0.2) is 0 Å². The fourth-order valence-electron chi connectivity index (χ4n) is 2.85. The summed E-state index contributed by atoms with van der Waals surface area (Å²) in [6, 6.07) is 17.2. The van der Waals surface area contributed by atoms with Crippen LogP contribution in [-0.2, 0) is 13.2 Å². The lowest BCUT2D eigenvalue weighted by Crippen LogP contribution is -2.07. The summed E-state index contributed by atoms with van der Waals surface area (Å²) in [5.41, 5.74) is 6.77. The summed E-state index contributed by atoms with van der Waals surface area (Å²) in [5.74, 6) is 1.08. The molecule has 3 aromatic carbocycles. The van der Waals surface area contributed by atoms with Gasteiger partial charge in [-0.2, -0.15) is 5.10 Å². The minimum Gasteiger partial charge on any atom is -0.490 e. The third-order valence-corrected chi connectivity index (χ3v) is 5.45. The van der Waals surface area contributed by atoms with Crippen LogP contribution in [0.1, 0.15) is 29.2 Å². The molecular formula is C24H23Cl3N2O2. The maximum Gasteiger partial charge on any atom is 0.180 e. The van der Waals surface area contributed by atoms with E-state index in [2.05, 4.69) is 10.5 Å². The van der Waals surface area contributed by atoms with Crippen LogP contribution in [0.15, 0.2) is 59.7 Å². The van der Waals surface area contributed by atoms with Crippen LogP contribution in [0, 0.1) is 6.92 Å². The van der Waals surface area contributed by atoms with Crippen LogP contribution < -0.4 is 14.9 Å². The Balaban J connectivity index is 1.70. The smallest absolute Gasteiger partial charge is 0.180 e. The van der Waals surface area contributed by atoms with E-state index < -0.39 is 0 Å². The van der Waals surface area contributed by atoms with Gasteiger partial charge in [0, 0.05) is 15.6 Å². The Morgan fingerprint density at radius 2 is 1.65 bits per heavy atom. The fourth-order valence-corrected chi connectivity index (χ4v) is 3.66. The zero-order chi connectivity index (χ0) is 22.2. The largest absolute Gasteiger partial charge is 0.490 e. The number of hydrogen-bond donors (Lipinski definition) is 1. The molecule has 4 nitrogen and oxygen atoms in total. The number of nitrogens with one attached hydrogen (secondary N) is 1. The van der Waals surface area contributed by atoms with E-state index in [1.807, 2.05) is 44.2 Å². The van der Waals surface area contributed by atoms with E-state index in [9.17, 15) is 0 Å². The second-order valence-electron chi connectivity index (χ2n) is 6.83. The average molecular weight is 478 g/mol. The molecule has 0 atom stereocenters. The standard InChI is InChI=1S/C24H23Cl3N2O2/c1-3-30-23-12-18(13-28-29-14-19-20(25)5-4-6-21(19)26)11-22(27)24(23)31-15-17-9-7-16(2)8-10-17/h4-13,29H,3,14-15H2,1-2H3/b28-13-. The average Bonchev–Trinajstić information content (AvgIpc) is 2.74. The normalized spacial score (nSPS) is 11.0. The van der Waals surface area contributed by atoms with Gasteiger partial charge in [0.15, 0.2) is 11.5 Å². The van der Waals surface area contributed by atoms with Crippen LogP contribution in [0.25, 0.3) is 0 Å². The zero-order valence-electron chi connectivity index (χ0n) is 17.3. The molecule has 31 heavy (non-hydrogen) atoms. The summed E-state index contributed by atoms with van der Waals surface area (Å²) in [7, 11) is 0. The van der Waals surface area contributed by atoms with Crippen molar-refractivity contribution in [3.8, 4) is 11.5 Å². The Morgan fingerprint density at radius 1 is 0.935 bits per heavy atom. The van der Waals surface area contributed by atoms with Crippen LogP contribution in [-0.4, -0.2) is 12.8 Å². The molecule has 0 aliphatic carbocycles. The molecule has 0 heterocycles. The first-order chi connectivity index (χ1) is 15.0. The summed E-state index contributed by atoms with van der Waals surface area (Å²) < 4.78 is 11.7. The maximum atomic E-state index is 6.49. The second kappa shape index (κ2) is 11.3. The van der Waals surface area contributed by atoms with Crippen LogP contribution in [0.2, 0.25) is 15.1 Å². The zero-order valence-corrected chi connectivity index (χ0v) is 19.6. The molecule has 0 aliphatic rings. The van der Waals surface area contributed by atoms with Crippen molar-refractivity contribution in [1.29, 1.82) is 0 Å². The number of nitrogens with zero attached hydrogens (tertiary/aromatic N) is 1. The predicted octanol–water partition coefficient (Wildman–Crippen LogP) is 7.06. The molecule has 0 saturated heterocycles. The quantitative estimate of drug-likeness (QED) is 0.265. The topological polar surface area (TPSA) is 42.8 Å². The Morgan fingerprint density at radius 3 is 2.32 bits per heavy atom. The molecule has 0 amide bonds. The summed E-state index contributed by atoms with van der Waals surface area (Å²) >= 11 is 18.8. The number of aryl methyl sites for hydroxylation is 1. The number of benzene rings is 3. The molecule has 0 bridgehead atoms. The minimum absolute atomic E-state index is 0.396. The summed E-state index contributed by atoms with van der Waals surface area (Å²) in [6.07, 6.45) is 1.66. The van der Waals surface area contributed by atoms with Crippen molar-refractivity contribution >= 4 is 41.0 Å². The van der Waals surface area contributed by atoms with Gasteiger partial charge in [-0.05, 0) is 49.2 Å². The number of hydrazone groups is 1. The lowest BCUT2D eigenvalue weighted by molar-refractivity contribution is 0.269. The maximum absolute atomic E-state index is 6.49. The van der Waals surface area contributed by atoms with Crippen molar-refractivity contribution in [3.63, 3.8) is 0 Å². The molecule has 162 valence electrons. The molecule has 0 saturated carbocycles. The van der Waals surface area contributed by atoms with Crippen molar-refractivity contribution in [2.24, 2.45) is 5.10 Å². The van der Waals surface area contributed by atoms with Crippen molar-refractivity contribution in [2.75, 3.05) is 6.61 Å². The van der Waals surface area contributed by atoms with E-state index in [0.717, 1.165) is 16.7 Å². The molecule has 0 aliphatic heterocycles. The number of halogens is 3. The Bertz CT molecular complexity index is 1030. The Kier molecular flexibility index (Phi) is 8.47. The summed E-state index contributed by atoms with van der Waals surface area (Å²) in [4.78, 5) is 0. The highest BCUT2D eigenvalue weighted by atomic mass is 35.5. The van der Waals surface area contributed by atoms with Gasteiger partial charge in [-0.1, -0.05) is 70.7 Å². The molecule has 3 rings (SSSR count). The lowest BCUT2D eigenvalue weighted by Gasteiger charge is -2.14. The molecule has 0 unspecified atom stereocenters. The summed E-state index contributed by atoms with van der Waals surface area (Å²) in [6.45, 7) is 5.24. The van der Waals surface area contributed by atoms with Crippen LogP contribution >= 0.6 is 34.8 Å². The van der Waals surface area contributed by atoms with Crippen molar-refractivity contribution < 1.29 is 9.47 Å². The molecular weight excluding hydrogens is 455 g/mol. The third kappa shape index (κ3) is 6.54. The molecule has 0 aromatic heterocycles. The molecule has 0 spiro atoms. The number of rotatable bonds is 9. The summed E-state index contributed by atoms with van der Waals surface area (Å²) in [5, 5.41) is 5.88. The van der Waals surface area contributed by atoms with Crippen molar-refractivity contribution in [3.05, 3.63) is 91.9 Å². The van der Waals surface area contributed by atoms with Gasteiger partial charge in [-0.3, -0.25) is 0 Å². The first-order valence-electron chi connectivity index (χ1n) is 9.81. The monoisotopic (exact) mass is 476 g/mol. The lowest BCUT2D eigenvalue weighted by atomic mass is 10.1. The van der Waals surface area contributed by atoms with E-state index in [1.165, 1.54) is 5.56 Å². The van der Waals surface area contributed by atoms with E-state index >= 15 is 0 Å². The van der Waals surface area contributed by atoms with Crippen LogP contribution in [0.3, 0.4) is 0 Å². The molecule has 3 aromatic rings. The van der Waals surface area contributed by atoms with Crippen molar-refractivity contribution in [1.82, 2.24) is 5.43 Å².